The lowest BCUT2D eigenvalue weighted by Crippen LogP contribution is -2.65. The van der Waals surface area contributed by atoms with E-state index in [9.17, 15) is 30.6 Å². The van der Waals surface area contributed by atoms with Gasteiger partial charge in [-0.05, 0) is 27.7 Å². The molecule has 0 amide bonds. The number of rotatable bonds is 5. The maximum atomic E-state index is 10.7. The van der Waals surface area contributed by atoms with E-state index in [0.29, 0.717) is 0 Å². The fourth-order valence-corrected chi connectivity index (χ4v) is 4.37. The lowest BCUT2D eigenvalue weighted by atomic mass is 9.95. The molecule has 3 aliphatic rings. The predicted molar refractivity (Wildman–Crippen MR) is 105 cm³/mol. The van der Waals surface area contributed by atoms with E-state index in [1.165, 1.54) is 21.0 Å². The summed E-state index contributed by atoms with van der Waals surface area (Å²) >= 11 is 0. The molecule has 3 fully saturated rings. The van der Waals surface area contributed by atoms with Crippen LogP contribution < -0.4 is 0 Å². The van der Waals surface area contributed by atoms with E-state index in [-0.39, 0.29) is 0 Å². The first-order valence-electron chi connectivity index (χ1n) is 10.9. The van der Waals surface area contributed by atoms with Crippen molar-refractivity contribution in [3.05, 3.63) is 0 Å². The molecule has 0 bridgehead atoms. The maximum Gasteiger partial charge on any atom is 0.187 e. The van der Waals surface area contributed by atoms with Crippen molar-refractivity contribution in [2.75, 3.05) is 7.11 Å². The number of ether oxygens (including phenoxy) is 6. The van der Waals surface area contributed by atoms with Crippen molar-refractivity contribution in [3.63, 3.8) is 0 Å². The number of hydrogen-bond acceptors (Lipinski definition) is 12. The van der Waals surface area contributed by atoms with Gasteiger partial charge in [-0.1, -0.05) is 0 Å². The Hall–Kier alpha value is -0.480. The third-order valence-electron chi connectivity index (χ3n) is 6.48. The molecule has 3 rings (SSSR count). The molecule has 6 N–H and O–H groups in total. The minimum atomic E-state index is -1.48. The second kappa shape index (κ2) is 10.4. The van der Waals surface area contributed by atoms with Crippen LogP contribution in [0.2, 0.25) is 0 Å². The van der Waals surface area contributed by atoms with Crippen molar-refractivity contribution >= 4 is 0 Å². The van der Waals surface area contributed by atoms with Crippen LogP contribution in [-0.4, -0.2) is 130 Å². The Morgan fingerprint density at radius 1 is 0.469 bits per heavy atom. The molecule has 188 valence electrons. The second-order valence-electron chi connectivity index (χ2n) is 8.81. The highest BCUT2D eigenvalue weighted by Crippen LogP contribution is 2.33. The quantitative estimate of drug-likeness (QED) is 0.245. The van der Waals surface area contributed by atoms with Crippen molar-refractivity contribution in [2.24, 2.45) is 0 Å². The fraction of sp³-hybridized carbons (Fsp3) is 1.00. The Labute approximate surface area is 186 Å². The summed E-state index contributed by atoms with van der Waals surface area (Å²) in [6.45, 7) is 6.35. The summed E-state index contributed by atoms with van der Waals surface area (Å²) in [4.78, 5) is 0. The smallest absolute Gasteiger partial charge is 0.187 e. The van der Waals surface area contributed by atoms with E-state index < -0.39 is 91.9 Å². The van der Waals surface area contributed by atoms with Gasteiger partial charge >= 0.3 is 0 Å². The van der Waals surface area contributed by atoms with Crippen molar-refractivity contribution < 1.29 is 59.1 Å². The average molecular weight is 468 g/mol. The zero-order valence-corrected chi connectivity index (χ0v) is 18.8. The number of methoxy groups -OCH3 is 1. The molecule has 32 heavy (non-hydrogen) atoms. The van der Waals surface area contributed by atoms with Gasteiger partial charge in [-0.25, -0.2) is 0 Å². The predicted octanol–water partition coefficient (Wildman–Crippen LogP) is -2.77. The third-order valence-corrected chi connectivity index (χ3v) is 6.48. The molecule has 12 nitrogen and oxygen atoms in total. The molecule has 15 atom stereocenters. The Kier molecular flexibility index (Phi) is 8.51. The first kappa shape index (κ1) is 26.1. The summed E-state index contributed by atoms with van der Waals surface area (Å²) in [5.74, 6) is 0. The van der Waals surface area contributed by atoms with Crippen LogP contribution in [0.4, 0.5) is 0 Å². The normalized spacial score (nSPS) is 55.0. The summed E-state index contributed by atoms with van der Waals surface area (Å²) in [6.07, 6.45) is -16.7. The molecular formula is C20H36O12. The molecule has 0 aromatic heterocycles. The van der Waals surface area contributed by atoms with Crippen LogP contribution in [0.25, 0.3) is 0 Å². The molecule has 12 heteroatoms. The highest BCUT2D eigenvalue weighted by Gasteiger charge is 2.52. The zero-order valence-electron chi connectivity index (χ0n) is 18.8. The van der Waals surface area contributed by atoms with Crippen molar-refractivity contribution in [3.8, 4) is 0 Å². The maximum absolute atomic E-state index is 10.7. The summed E-state index contributed by atoms with van der Waals surface area (Å²) in [5.41, 5.74) is 0. The Morgan fingerprint density at radius 2 is 0.844 bits per heavy atom. The summed E-state index contributed by atoms with van der Waals surface area (Å²) < 4.78 is 33.9. The van der Waals surface area contributed by atoms with Gasteiger partial charge in [-0.3, -0.25) is 0 Å². The summed E-state index contributed by atoms with van der Waals surface area (Å²) in [5, 5.41) is 62.1. The second-order valence-corrected chi connectivity index (χ2v) is 8.81. The fourth-order valence-electron chi connectivity index (χ4n) is 4.37. The lowest BCUT2D eigenvalue weighted by molar-refractivity contribution is -0.378. The van der Waals surface area contributed by atoms with Crippen LogP contribution in [0.5, 0.6) is 0 Å². The van der Waals surface area contributed by atoms with Gasteiger partial charge in [0.1, 0.15) is 54.9 Å². The van der Waals surface area contributed by atoms with E-state index in [0.717, 1.165) is 0 Å². The number of hydrogen-bond donors (Lipinski definition) is 6. The zero-order chi connectivity index (χ0) is 23.9. The standard InChI is InChI=1S/C20H36O12/c1-6-10(21)13(24)16(9(4)28-6)31-20-18(15(26)12(23)8(3)30-20)32-19-17(27-5)14(25)11(22)7(2)29-19/h6-26H,1-5H3. The molecule has 0 aromatic carbocycles. The minimum absolute atomic E-state index is 0.613. The highest BCUT2D eigenvalue weighted by atomic mass is 16.8. The van der Waals surface area contributed by atoms with Crippen molar-refractivity contribution in [1.82, 2.24) is 0 Å². The molecule has 0 spiro atoms. The number of aliphatic hydroxyl groups excluding tert-OH is 6. The molecule has 0 aromatic rings. The molecule has 3 saturated heterocycles. The molecule has 0 saturated carbocycles. The van der Waals surface area contributed by atoms with Gasteiger partial charge in [0, 0.05) is 7.11 Å². The molecule has 0 radical (unpaired) electrons. The minimum Gasteiger partial charge on any atom is -0.388 e. The van der Waals surface area contributed by atoms with E-state index in [1.54, 1.807) is 13.8 Å². The molecule has 3 heterocycles. The monoisotopic (exact) mass is 468 g/mol. The van der Waals surface area contributed by atoms with E-state index in [4.69, 9.17) is 28.4 Å². The van der Waals surface area contributed by atoms with Gasteiger partial charge in [0.15, 0.2) is 12.6 Å². The average Bonchev–Trinajstić information content (AvgIpc) is 2.74. The van der Waals surface area contributed by atoms with Gasteiger partial charge in [0.25, 0.3) is 0 Å². The lowest BCUT2D eigenvalue weighted by Gasteiger charge is -2.48. The molecular weight excluding hydrogens is 432 g/mol. The van der Waals surface area contributed by atoms with Crippen LogP contribution >= 0.6 is 0 Å². The van der Waals surface area contributed by atoms with Gasteiger partial charge in [-0.15, -0.1) is 0 Å². The number of aliphatic hydroxyl groups is 6. The molecule has 3 aliphatic heterocycles. The first-order chi connectivity index (χ1) is 15.0. The Balaban J connectivity index is 1.81. The Morgan fingerprint density at radius 3 is 1.34 bits per heavy atom. The molecule has 0 aliphatic carbocycles. The topological polar surface area (TPSA) is 177 Å². The van der Waals surface area contributed by atoms with Crippen LogP contribution in [0.1, 0.15) is 27.7 Å². The highest BCUT2D eigenvalue weighted by molar-refractivity contribution is 4.95. The van der Waals surface area contributed by atoms with Gasteiger partial charge in [0.05, 0.1) is 24.4 Å². The SMILES string of the molecule is COC1C(OC2C(OC3C(C)OC(C)C(O)C3O)OC(C)C(O)C2O)OC(C)C(O)C1O. The summed E-state index contributed by atoms with van der Waals surface area (Å²) in [7, 11) is 1.30. The van der Waals surface area contributed by atoms with E-state index >= 15 is 0 Å². The van der Waals surface area contributed by atoms with Crippen LogP contribution in [0, 0.1) is 0 Å². The van der Waals surface area contributed by atoms with Crippen LogP contribution in [-0.2, 0) is 28.4 Å². The third kappa shape index (κ3) is 4.97. The van der Waals surface area contributed by atoms with Crippen LogP contribution in [0.3, 0.4) is 0 Å². The van der Waals surface area contributed by atoms with Gasteiger partial charge in [0.2, 0.25) is 0 Å². The molecule has 15 unspecified atom stereocenters. The van der Waals surface area contributed by atoms with E-state index in [2.05, 4.69) is 0 Å². The van der Waals surface area contributed by atoms with Gasteiger partial charge < -0.3 is 59.1 Å². The Bertz CT molecular complexity index is 609. The van der Waals surface area contributed by atoms with Crippen molar-refractivity contribution in [1.29, 1.82) is 0 Å². The largest absolute Gasteiger partial charge is 0.388 e. The van der Waals surface area contributed by atoms with E-state index in [1.807, 2.05) is 0 Å². The first-order valence-corrected chi connectivity index (χ1v) is 10.9. The summed E-state index contributed by atoms with van der Waals surface area (Å²) in [6, 6.07) is 0. The van der Waals surface area contributed by atoms with Crippen LogP contribution in [0.15, 0.2) is 0 Å². The van der Waals surface area contributed by atoms with Gasteiger partial charge in [-0.2, -0.15) is 0 Å². The van der Waals surface area contributed by atoms with Crippen molar-refractivity contribution in [2.45, 2.75) is 120 Å².